The molecule has 0 fully saturated rings. The van der Waals surface area contributed by atoms with E-state index in [1.165, 1.54) is 6.92 Å². The highest BCUT2D eigenvalue weighted by atomic mass is 16.4. The Bertz CT molecular complexity index is 1130. The molecule has 1 aromatic heterocycles. The van der Waals surface area contributed by atoms with Crippen molar-refractivity contribution >= 4 is 40.6 Å². The van der Waals surface area contributed by atoms with Gasteiger partial charge >= 0.3 is 11.9 Å². The molecule has 2 aromatic rings. The molecule has 4 atom stereocenters. The number of hydrogen-bond donors (Lipinski definition) is 7. The summed E-state index contributed by atoms with van der Waals surface area (Å²) in [7, 11) is 0. The second-order valence-electron chi connectivity index (χ2n) is 9.42. The molecule has 0 aliphatic rings. The largest absolute Gasteiger partial charge is 0.481 e. The molecule has 3 amide bonds. The predicted molar refractivity (Wildman–Crippen MR) is 135 cm³/mol. The van der Waals surface area contributed by atoms with Gasteiger partial charge in [-0.1, -0.05) is 32.0 Å². The van der Waals surface area contributed by atoms with Crippen molar-refractivity contribution in [2.75, 3.05) is 0 Å². The molecule has 202 valence electrons. The number of carboxylic acids is 2. The molecule has 0 radical (unpaired) electrons. The Morgan fingerprint density at radius 3 is 2.16 bits per heavy atom. The third-order valence-electron chi connectivity index (χ3n) is 5.81. The van der Waals surface area contributed by atoms with E-state index in [1.54, 1.807) is 6.20 Å². The van der Waals surface area contributed by atoms with Crippen molar-refractivity contribution in [3.63, 3.8) is 0 Å². The number of para-hydroxylation sites is 1. The Morgan fingerprint density at radius 2 is 1.54 bits per heavy atom. The van der Waals surface area contributed by atoms with Gasteiger partial charge in [-0.25, -0.2) is 0 Å². The number of hydrogen-bond acceptors (Lipinski definition) is 6. The first-order valence-corrected chi connectivity index (χ1v) is 12.0. The molecule has 37 heavy (non-hydrogen) atoms. The molecular weight excluding hydrogens is 482 g/mol. The molecule has 0 aliphatic carbocycles. The van der Waals surface area contributed by atoms with Gasteiger partial charge in [0.2, 0.25) is 17.7 Å². The first-order chi connectivity index (χ1) is 17.4. The summed E-state index contributed by atoms with van der Waals surface area (Å²) in [6.45, 7) is 5.01. The standard InChI is InChI=1S/C25H35N5O7/c1-13(2)10-19(23(34)28-14(3)25(36)37)30-24(35)20(29-22(33)17(26)8-9-21(31)32)11-15-12-27-18-7-5-4-6-16(15)18/h4-7,12-14,17,19-20,27H,8-11,26H2,1-3H3,(H,28,34)(H,29,33)(H,30,35)(H,31,32)(H,36,37). The lowest BCUT2D eigenvalue weighted by Gasteiger charge is -2.25. The third-order valence-corrected chi connectivity index (χ3v) is 5.81. The molecule has 0 saturated carbocycles. The Balaban J connectivity index is 2.27. The van der Waals surface area contributed by atoms with Crippen LogP contribution in [-0.2, 0) is 30.4 Å². The van der Waals surface area contributed by atoms with Gasteiger partial charge in [-0.3, -0.25) is 24.0 Å². The highest BCUT2D eigenvalue weighted by Crippen LogP contribution is 2.19. The number of aliphatic carboxylic acids is 2. The Morgan fingerprint density at radius 1 is 0.919 bits per heavy atom. The predicted octanol–water partition coefficient (Wildman–Crippen LogP) is 0.508. The normalized spacial score (nSPS) is 14.4. The van der Waals surface area contributed by atoms with Crippen molar-refractivity contribution in [1.29, 1.82) is 0 Å². The van der Waals surface area contributed by atoms with Gasteiger partial charge < -0.3 is 36.9 Å². The van der Waals surface area contributed by atoms with E-state index >= 15 is 0 Å². The van der Waals surface area contributed by atoms with Crippen LogP contribution in [0.4, 0.5) is 0 Å². The van der Waals surface area contributed by atoms with Crippen molar-refractivity contribution in [3.05, 3.63) is 36.0 Å². The molecule has 0 spiro atoms. The number of carbonyl (C=O) groups is 5. The van der Waals surface area contributed by atoms with E-state index in [9.17, 15) is 24.0 Å². The molecule has 12 nitrogen and oxygen atoms in total. The van der Waals surface area contributed by atoms with Gasteiger partial charge in [-0.15, -0.1) is 0 Å². The smallest absolute Gasteiger partial charge is 0.325 e. The molecule has 1 heterocycles. The number of carbonyl (C=O) groups excluding carboxylic acids is 3. The summed E-state index contributed by atoms with van der Waals surface area (Å²) in [6, 6.07) is 2.91. The summed E-state index contributed by atoms with van der Waals surface area (Å²) in [5, 5.41) is 26.4. The molecule has 0 bridgehead atoms. The van der Waals surface area contributed by atoms with Crippen LogP contribution in [-0.4, -0.2) is 69.0 Å². The fourth-order valence-corrected chi connectivity index (χ4v) is 3.77. The lowest BCUT2D eigenvalue weighted by molar-refractivity contribution is -0.142. The zero-order valence-corrected chi connectivity index (χ0v) is 21.1. The molecule has 12 heteroatoms. The van der Waals surface area contributed by atoms with Gasteiger partial charge in [0, 0.05) is 29.9 Å². The Hall–Kier alpha value is -3.93. The highest BCUT2D eigenvalue weighted by Gasteiger charge is 2.30. The van der Waals surface area contributed by atoms with E-state index in [0.717, 1.165) is 16.5 Å². The van der Waals surface area contributed by atoms with Crippen LogP contribution in [0.15, 0.2) is 30.5 Å². The van der Waals surface area contributed by atoms with Gasteiger partial charge in [-0.2, -0.15) is 0 Å². The van der Waals surface area contributed by atoms with Crippen LogP contribution in [0.1, 0.15) is 45.6 Å². The summed E-state index contributed by atoms with van der Waals surface area (Å²) >= 11 is 0. The number of benzene rings is 1. The van der Waals surface area contributed by atoms with Crippen LogP contribution >= 0.6 is 0 Å². The van der Waals surface area contributed by atoms with E-state index in [4.69, 9.17) is 15.9 Å². The van der Waals surface area contributed by atoms with Crippen LogP contribution in [0, 0.1) is 5.92 Å². The van der Waals surface area contributed by atoms with E-state index in [-0.39, 0.29) is 31.6 Å². The van der Waals surface area contributed by atoms with Crippen LogP contribution in [0.25, 0.3) is 10.9 Å². The van der Waals surface area contributed by atoms with Gasteiger partial charge in [0.05, 0.1) is 6.04 Å². The van der Waals surface area contributed by atoms with Crippen molar-refractivity contribution < 1.29 is 34.2 Å². The minimum Gasteiger partial charge on any atom is -0.481 e. The lowest BCUT2D eigenvalue weighted by atomic mass is 10.00. The topological polar surface area (TPSA) is 204 Å². The zero-order valence-electron chi connectivity index (χ0n) is 21.1. The first kappa shape index (κ1) is 29.3. The summed E-state index contributed by atoms with van der Waals surface area (Å²) in [5.74, 6) is -4.36. The van der Waals surface area contributed by atoms with Crippen molar-refractivity contribution in [1.82, 2.24) is 20.9 Å². The van der Waals surface area contributed by atoms with Crippen molar-refractivity contribution in [3.8, 4) is 0 Å². The number of aromatic nitrogens is 1. The Labute approximate surface area is 214 Å². The first-order valence-electron chi connectivity index (χ1n) is 12.0. The average molecular weight is 518 g/mol. The van der Waals surface area contributed by atoms with Crippen LogP contribution in [0.3, 0.4) is 0 Å². The molecule has 4 unspecified atom stereocenters. The highest BCUT2D eigenvalue weighted by molar-refractivity contribution is 5.95. The van der Waals surface area contributed by atoms with Gasteiger partial charge in [-0.05, 0) is 37.3 Å². The molecular formula is C25H35N5O7. The number of nitrogens with one attached hydrogen (secondary N) is 4. The van der Waals surface area contributed by atoms with E-state index in [1.807, 2.05) is 38.1 Å². The maximum Gasteiger partial charge on any atom is 0.325 e. The molecule has 8 N–H and O–H groups in total. The number of aromatic amines is 1. The second kappa shape index (κ2) is 13.4. The summed E-state index contributed by atoms with van der Waals surface area (Å²) < 4.78 is 0. The average Bonchev–Trinajstić information content (AvgIpc) is 3.23. The van der Waals surface area contributed by atoms with Gasteiger partial charge in [0.25, 0.3) is 0 Å². The molecule has 0 saturated heterocycles. The zero-order chi connectivity index (χ0) is 27.7. The number of H-pyrrole nitrogens is 1. The summed E-state index contributed by atoms with van der Waals surface area (Å²) in [6.07, 6.45) is 1.58. The van der Waals surface area contributed by atoms with Crippen LogP contribution < -0.4 is 21.7 Å². The number of carboxylic acid groups (broad SMARTS) is 2. The molecule has 1 aromatic carbocycles. The van der Waals surface area contributed by atoms with E-state index in [0.29, 0.717) is 0 Å². The van der Waals surface area contributed by atoms with Crippen LogP contribution in [0.5, 0.6) is 0 Å². The Kier molecular flexibility index (Phi) is 10.6. The number of rotatable bonds is 14. The van der Waals surface area contributed by atoms with E-state index < -0.39 is 53.8 Å². The summed E-state index contributed by atoms with van der Waals surface area (Å²) in [4.78, 5) is 64.0. The monoisotopic (exact) mass is 517 g/mol. The quantitative estimate of drug-likeness (QED) is 0.188. The molecule has 2 rings (SSSR count). The summed E-state index contributed by atoms with van der Waals surface area (Å²) in [5.41, 5.74) is 7.41. The molecule has 0 aliphatic heterocycles. The van der Waals surface area contributed by atoms with Crippen molar-refractivity contribution in [2.45, 2.75) is 70.6 Å². The number of nitrogens with two attached hydrogens (primary N) is 1. The number of amides is 3. The minimum absolute atomic E-state index is 0.0118. The van der Waals surface area contributed by atoms with Gasteiger partial charge in [0.15, 0.2) is 0 Å². The lowest BCUT2D eigenvalue weighted by Crippen LogP contribution is -2.57. The number of fused-ring (bicyclic) bond motifs is 1. The fourth-order valence-electron chi connectivity index (χ4n) is 3.77. The SMILES string of the molecule is CC(C)CC(NC(=O)C(Cc1c[nH]c2ccccc12)NC(=O)C(N)CCC(=O)O)C(=O)NC(C)C(=O)O. The second-order valence-corrected chi connectivity index (χ2v) is 9.42. The van der Waals surface area contributed by atoms with Gasteiger partial charge in [0.1, 0.15) is 18.1 Å². The van der Waals surface area contributed by atoms with E-state index in [2.05, 4.69) is 20.9 Å². The van der Waals surface area contributed by atoms with Crippen molar-refractivity contribution in [2.24, 2.45) is 11.7 Å². The third kappa shape index (κ3) is 8.90. The minimum atomic E-state index is -1.22. The maximum absolute atomic E-state index is 13.4. The van der Waals surface area contributed by atoms with Crippen LogP contribution in [0.2, 0.25) is 0 Å². The maximum atomic E-state index is 13.4. The fraction of sp³-hybridized carbons (Fsp3) is 0.480.